The maximum atomic E-state index is 12.5. The van der Waals surface area contributed by atoms with Gasteiger partial charge in [0.2, 0.25) is 10.0 Å². The van der Waals surface area contributed by atoms with Gasteiger partial charge in [-0.3, -0.25) is 20.4 Å². The van der Waals surface area contributed by atoms with E-state index in [0.717, 1.165) is 21.9 Å². The summed E-state index contributed by atoms with van der Waals surface area (Å²) in [6.45, 7) is 3.12. The van der Waals surface area contributed by atoms with Crippen LogP contribution in [0.4, 0.5) is 0 Å². The monoisotopic (exact) mass is 419 g/mol. The van der Waals surface area contributed by atoms with Crippen molar-refractivity contribution in [3.05, 3.63) is 59.7 Å². The molecule has 2 amide bonds. The summed E-state index contributed by atoms with van der Waals surface area (Å²) in [6, 6.07) is 13.7. The minimum absolute atomic E-state index is 0.0881. The Bertz CT molecular complexity index is 958. The highest BCUT2D eigenvalue weighted by atomic mass is 32.2. The van der Waals surface area contributed by atoms with Crippen LogP contribution in [0.25, 0.3) is 0 Å². The fraction of sp³-hybridized carbons (Fsp3) is 0.300. The number of benzene rings is 2. The van der Waals surface area contributed by atoms with Crippen LogP contribution < -0.4 is 15.6 Å². The van der Waals surface area contributed by atoms with Gasteiger partial charge in [-0.05, 0) is 43.2 Å². The molecular weight excluding hydrogens is 394 g/mol. The number of amides is 2. The Balaban J connectivity index is 1.80. The molecule has 8 nitrogen and oxygen atoms in total. The highest BCUT2D eigenvalue weighted by molar-refractivity contribution is 7.89. The average molecular weight is 420 g/mol. The molecule has 0 aliphatic heterocycles. The Morgan fingerprint density at radius 1 is 1.03 bits per heavy atom. The third kappa shape index (κ3) is 6.58. The Hall–Kier alpha value is -2.91. The number of ether oxygens (including phenoxy) is 1. The summed E-state index contributed by atoms with van der Waals surface area (Å²) in [5, 5.41) is 0. The summed E-state index contributed by atoms with van der Waals surface area (Å²) in [4.78, 5) is 23.9. The van der Waals surface area contributed by atoms with Gasteiger partial charge in [0.15, 0.2) is 6.61 Å². The molecular formula is C20H25N3O5S. The van der Waals surface area contributed by atoms with Crippen molar-refractivity contribution in [2.24, 2.45) is 0 Å². The number of rotatable bonds is 8. The fourth-order valence-corrected chi connectivity index (χ4v) is 3.52. The van der Waals surface area contributed by atoms with Gasteiger partial charge in [-0.15, -0.1) is 0 Å². The Kier molecular flexibility index (Phi) is 7.74. The first-order valence-electron chi connectivity index (χ1n) is 9.05. The van der Waals surface area contributed by atoms with Crippen molar-refractivity contribution in [1.82, 2.24) is 15.2 Å². The maximum absolute atomic E-state index is 12.5. The molecule has 0 saturated carbocycles. The number of aryl methyl sites for hydroxylation is 2. The predicted molar refractivity (Wildman–Crippen MR) is 109 cm³/mol. The molecule has 0 radical (unpaired) electrons. The van der Waals surface area contributed by atoms with Gasteiger partial charge in [0.25, 0.3) is 11.8 Å². The van der Waals surface area contributed by atoms with Crippen LogP contribution in [0.1, 0.15) is 18.1 Å². The van der Waals surface area contributed by atoms with Gasteiger partial charge in [-0.1, -0.05) is 36.8 Å². The Morgan fingerprint density at radius 2 is 1.69 bits per heavy atom. The van der Waals surface area contributed by atoms with Gasteiger partial charge in [0.1, 0.15) is 5.75 Å². The lowest BCUT2D eigenvalue weighted by atomic mass is 10.2. The molecule has 2 aromatic rings. The third-order valence-electron chi connectivity index (χ3n) is 4.11. The van der Waals surface area contributed by atoms with E-state index in [0.29, 0.717) is 5.75 Å². The third-order valence-corrected chi connectivity index (χ3v) is 5.93. The van der Waals surface area contributed by atoms with Gasteiger partial charge < -0.3 is 4.74 Å². The van der Waals surface area contributed by atoms with Gasteiger partial charge >= 0.3 is 0 Å². The van der Waals surface area contributed by atoms with Gasteiger partial charge in [-0.25, -0.2) is 8.42 Å². The molecule has 0 aromatic heterocycles. The molecule has 0 aliphatic carbocycles. The molecule has 2 aromatic carbocycles. The van der Waals surface area contributed by atoms with Crippen molar-refractivity contribution in [3.63, 3.8) is 0 Å². The molecule has 0 heterocycles. The molecule has 9 heteroatoms. The van der Waals surface area contributed by atoms with E-state index in [1.54, 1.807) is 18.2 Å². The predicted octanol–water partition coefficient (Wildman–Crippen LogP) is 1.40. The molecule has 0 fully saturated rings. The highest BCUT2D eigenvalue weighted by Gasteiger charge is 2.23. The van der Waals surface area contributed by atoms with Crippen LogP contribution in [0, 0.1) is 6.92 Å². The number of sulfonamides is 1. The molecule has 156 valence electrons. The van der Waals surface area contributed by atoms with Crippen LogP contribution in [0.2, 0.25) is 0 Å². The molecule has 0 spiro atoms. The second-order valence-corrected chi connectivity index (χ2v) is 8.51. The normalized spacial score (nSPS) is 11.2. The first-order chi connectivity index (χ1) is 13.7. The van der Waals surface area contributed by atoms with Crippen molar-refractivity contribution in [2.75, 3.05) is 20.2 Å². The van der Waals surface area contributed by atoms with Crippen LogP contribution in [-0.2, 0) is 26.0 Å². The van der Waals surface area contributed by atoms with Crippen molar-refractivity contribution in [3.8, 4) is 5.75 Å². The van der Waals surface area contributed by atoms with Crippen molar-refractivity contribution < 1.29 is 22.7 Å². The Labute approximate surface area is 170 Å². The van der Waals surface area contributed by atoms with E-state index in [1.807, 2.05) is 32.0 Å². The van der Waals surface area contributed by atoms with Crippen LogP contribution in [0.5, 0.6) is 5.75 Å². The fourth-order valence-electron chi connectivity index (χ4n) is 2.40. The van der Waals surface area contributed by atoms with Crippen molar-refractivity contribution in [1.29, 1.82) is 0 Å². The molecule has 0 atom stereocenters. The smallest absolute Gasteiger partial charge is 0.276 e. The summed E-state index contributed by atoms with van der Waals surface area (Å²) < 4.78 is 31.2. The molecule has 0 unspecified atom stereocenters. The number of hydrogen-bond donors (Lipinski definition) is 2. The van der Waals surface area contributed by atoms with E-state index in [4.69, 9.17) is 4.74 Å². The zero-order chi connectivity index (χ0) is 21.4. The van der Waals surface area contributed by atoms with Gasteiger partial charge in [0.05, 0.1) is 11.4 Å². The maximum Gasteiger partial charge on any atom is 0.276 e. The van der Waals surface area contributed by atoms with Gasteiger partial charge in [-0.2, -0.15) is 4.31 Å². The van der Waals surface area contributed by atoms with E-state index in [2.05, 4.69) is 10.9 Å². The lowest BCUT2D eigenvalue weighted by Crippen LogP contribution is -2.48. The summed E-state index contributed by atoms with van der Waals surface area (Å²) in [5.41, 5.74) is 6.38. The average Bonchev–Trinajstić information content (AvgIpc) is 2.71. The topological polar surface area (TPSA) is 105 Å². The standard InChI is InChI=1S/C20H25N3O5S/c1-4-16-6-5-7-17(12-16)28-14-20(25)22-21-19(24)13-23(3)29(26,27)18-10-8-15(2)9-11-18/h5-12H,4,13-14H2,1-3H3,(H,21,24)(H,22,25). The number of nitrogens with one attached hydrogen (secondary N) is 2. The lowest BCUT2D eigenvalue weighted by Gasteiger charge is -2.17. The summed E-state index contributed by atoms with van der Waals surface area (Å²) in [6.07, 6.45) is 0.846. The lowest BCUT2D eigenvalue weighted by molar-refractivity contribution is -0.130. The van der Waals surface area contributed by atoms with Gasteiger partial charge in [0, 0.05) is 7.05 Å². The first kappa shape index (κ1) is 22.4. The molecule has 2 N–H and O–H groups in total. The van der Waals surface area contributed by atoms with Crippen molar-refractivity contribution in [2.45, 2.75) is 25.2 Å². The highest BCUT2D eigenvalue weighted by Crippen LogP contribution is 2.15. The van der Waals surface area contributed by atoms with Crippen LogP contribution in [-0.4, -0.2) is 44.7 Å². The van der Waals surface area contributed by atoms with Crippen molar-refractivity contribution >= 4 is 21.8 Å². The second kappa shape index (κ2) is 10.0. The van der Waals surface area contributed by atoms with E-state index >= 15 is 0 Å². The molecule has 0 bridgehead atoms. The summed E-state index contributed by atoms with van der Waals surface area (Å²) in [7, 11) is -2.52. The molecule has 2 rings (SSSR count). The molecule has 0 aliphatic rings. The molecule has 29 heavy (non-hydrogen) atoms. The zero-order valence-corrected chi connectivity index (χ0v) is 17.5. The second-order valence-electron chi connectivity index (χ2n) is 6.46. The van der Waals surface area contributed by atoms with E-state index < -0.39 is 28.4 Å². The number of hydrazine groups is 1. The number of hydrogen-bond acceptors (Lipinski definition) is 5. The first-order valence-corrected chi connectivity index (χ1v) is 10.5. The number of carbonyl (C=O) groups excluding carboxylic acids is 2. The number of likely N-dealkylation sites (N-methyl/N-ethyl adjacent to an activating group) is 1. The minimum Gasteiger partial charge on any atom is -0.484 e. The largest absolute Gasteiger partial charge is 0.484 e. The van der Waals surface area contributed by atoms with Crippen LogP contribution >= 0.6 is 0 Å². The quantitative estimate of drug-likeness (QED) is 0.630. The van der Waals surface area contributed by atoms with E-state index in [-0.39, 0.29) is 11.5 Å². The zero-order valence-electron chi connectivity index (χ0n) is 16.6. The SMILES string of the molecule is CCc1cccc(OCC(=O)NNC(=O)CN(C)S(=O)(=O)c2ccc(C)cc2)c1. The van der Waals surface area contributed by atoms with Crippen LogP contribution in [0.3, 0.4) is 0 Å². The minimum atomic E-state index is -3.81. The van der Waals surface area contributed by atoms with Crippen LogP contribution in [0.15, 0.2) is 53.4 Å². The summed E-state index contributed by atoms with van der Waals surface area (Å²) >= 11 is 0. The Morgan fingerprint density at radius 3 is 2.34 bits per heavy atom. The number of nitrogens with zero attached hydrogens (tertiary/aromatic N) is 1. The summed E-state index contributed by atoms with van der Waals surface area (Å²) in [5.74, 6) is -0.691. The van der Waals surface area contributed by atoms with E-state index in [1.165, 1.54) is 19.2 Å². The molecule has 0 saturated heterocycles. The number of carbonyl (C=O) groups is 2. The van der Waals surface area contributed by atoms with E-state index in [9.17, 15) is 18.0 Å².